The first-order chi connectivity index (χ1) is 9.10. The van der Waals surface area contributed by atoms with Gasteiger partial charge in [0, 0.05) is 9.75 Å². The second-order valence-electron chi connectivity index (χ2n) is 4.20. The van der Waals surface area contributed by atoms with Crippen molar-refractivity contribution in [3.8, 4) is 0 Å². The van der Waals surface area contributed by atoms with Gasteiger partial charge in [-0.2, -0.15) is 0 Å². The smallest absolute Gasteiger partial charge is 0.270 e. The van der Waals surface area contributed by atoms with Crippen LogP contribution in [-0.4, -0.2) is 10.9 Å². The maximum atomic E-state index is 12.1. The van der Waals surface area contributed by atoms with Gasteiger partial charge in [-0.3, -0.25) is 4.79 Å². The van der Waals surface area contributed by atoms with Crippen LogP contribution >= 0.6 is 11.3 Å². The number of amides is 1. The molecule has 1 amide bonds. The van der Waals surface area contributed by atoms with Crippen LogP contribution in [0.25, 0.3) is 0 Å². The van der Waals surface area contributed by atoms with E-state index >= 15 is 0 Å². The van der Waals surface area contributed by atoms with Crippen LogP contribution in [0, 0.1) is 6.92 Å². The number of rotatable bonds is 4. The molecule has 1 unspecified atom stereocenters. The number of nitrogens with two attached hydrogens (primary N) is 1. The highest BCUT2D eigenvalue weighted by Gasteiger charge is 2.14. The average molecular weight is 276 g/mol. The Morgan fingerprint density at radius 3 is 2.79 bits per heavy atom. The normalized spacial score (nSPS) is 11.9. The highest BCUT2D eigenvalue weighted by Crippen LogP contribution is 2.22. The number of nitrogens with zero attached hydrogens (tertiary/aromatic N) is 1. The number of hydrogen-bond donors (Lipinski definition) is 3. The Morgan fingerprint density at radius 2 is 2.16 bits per heavy atom. The first kappa shape index (κ1) is 13.5. The van der Waals surface area contributed by atoms with E-state index in [0.717, 1.165) is 4.88 Å². The third-order valence-electron chi connectivity index (χ3n) is 2.67. The van der Waals surface area contributed by atoms with E-state index in [0.29, 0.717) is 11.5 Å². The molecule has 4 N–H and O–H groups in total. The predicted octanol–water partition coefficient (Wildman–Crippen LogP) is 2.23. The Bertz CT molecular complexity index is 582. The first-order valence-corrected chi connectivity index (χ1v) is 6.72. The van der Waals surface area contributed by atoms with Crippen molar-refractivity contribution < 1.29 is 4.79 Å². The molecule has 0 radical (unpaired) electrons. The van der Waals surface area contributed by atoms with Gasteiger partial charge in [-0.1, -0.05) is 6.07 Å². The van der Waals surface area contributed by atoms with Crippen LogP contribution in [-0.2, 0) is 0 Å². The number of aromatic nitrogens is 1. The number of nitrogen functional groups attached to an aromatic ring is 1. The molecule has 2 aromatic rings. The van der Waals surface area contributed by atoms with Crippen LogP contribution in [0.4, 0.5) is 5.82 Å². The van der Waals surface area contributed by atoms with E-state index in [1.54, 1.807) is 29.5 Å². The van der Waals surface area contributed by atoms with Crippen molar-refractivity contribution in [2.24, 2.45) is 5.84 Å². The summed E-state index contributed by atoms with van der Waals surface area (Å²) in [6.45, 7) is 3.99. The maximum Gasteiger partial charge on any atom is 0.270 e. The zero-order valence-corrected chi connectivity index (χ0v) is 11.6. The summed E-state index contributed by atoms with van der Waals surface area (Å²) in [5.41, 5.74) is 2.76. The highest BCUT2D eigenvalue weighted by atomic mass is 32.1. The average Bonchev–Trinajstić information content (AvgIpc) is 2.85. The first-order valence-electron chi connectivity index (χ1n) is 5.91. The van der Waals surface area contributed by atoms with Gasteiger partial charge in [-0.25, -0.2) is 10.8 Å². The standard InChI is InChI=1S/C13H16N4OS/c1-8-6-7-11(19-8)9(2)15-13(18)10-4-3-5-12(16-10)17-14/h3-7,9H,14H2,1-2H3,(H,15,18)(H,16,17). The fraction of sp³-hybridized carbons (Fsp3) is 0.231. The molecule has 0 aliphatic rings. The summed E-state index contributed by atoms with van der Waals surface area (Å²) in [4.78, 5) is 18.5. The van der Waals surface area contributed by atoms with Crippen molar-refractivity contribution in [1.82, 2.24) is 10.3 Å². The lowest BCUT2D eigenvalue weighted by molar-refractivity contribution is 0.0935. The van der Waals surface area contributed by atoms with Crippen molar-refractivity contribution >= 4 is 23.1 Å². The number of thiophene rings is 1. The van der Waals surface area contributed by atoms with Crippen LogP contribution in [0.1, 0.15) is 33.2 Å². The topological polar surface area (TPSA) is 80.0 Å². The molecule has 0 bridgehead atoms. The molecule has 1 atom stereocenters. The molecule has 2 rings (SSSR count). The van der Waals surface area contributed by atoms with E-state index < -0.39 is 0 Å². The molecular weight excluding hydrogens is 260 g/mol. The number of hydrazine groups is 1. The quantitative estimate of drug-likeness (QED) is 0.591. The molecule has 19 heavy (non-hydrogen) atoms. The van der Waals surface area contributed by atoms with Gasteiger partial charge in [-0.15, -0.1) is 11.3 Å². The Kier molecular flexibility index (Phi) is 4.13. The molecule has 0 aromatic carbocycles. The SMILES string of the molecule is Cc1ccc(C(C)NC(=O)c2cccc(NN)n2)s1. The third-order valence-corrected chi connectivity index (χ3v) is 3.85. The fourth-order valence-electron chi connectivity index (χ4n) is 1.67. The molecular formula is C13H16N4OS. The third kappa shape index (κ3) is 3.30. The summed E-state index contributed by atoms with van der Waals surface area (Å²) in [6, 6.07) is 9.11. The van der Waals surface area contributed by atoms with Gasteiger partial charge >= 0.3 is 0 Å². The number of carbonyl (C=O) groups excluding carboxylic acids is 1. The van der Waals surface area contributed by atoms with Gasteiger partial charge in [0.1, 0.15) is 11.5 Å². The monoisotopic (exact) mass is 276 g/mol. The number of carbonyl (C=O) groups is 1. The second kappa shape index (κ2) is 5.81. The molecule has 0 aliphatic carbocycles. The van der Waals surface area contributed by atoms with E-state index in [2.05, 4.69) is 15.7 Å². The van der Waals surface area contributed by atoms with Crippen LogP contribution < -0.4 is 16.6 Å². The van der Waals surface area contributed by atoms with Crippen LogP contribution in [0.15, 0.2) is 30.3 Å². The molecule has 0 fully saturated rings. The number of hydrogen-bond acceptors (Lipinski definition) is 5. The van der Waals surface area contributed by atoms with Crippen molar-refractivity contribution in [3.63, 3.8) is 0 Å². The Morgan fingerprint density at radius 1 is 1.37 bits per heavy atom. The molecule has 5 nitrogen and oxygen atoms in total. The largest absolute Gasteiger partial charge is 0.343 e. The molecule has 2 heterocycles. The Hall–Kier alpha value is -1.92. The molecule has 0 spiro atoms. The van der Waals surface area contributed by atoms with Crippen molar-refractivity contribution in [2.75, 3.05) is 5.43 Å². The summed E-state index contributed by atoms with van der Waals surface area (Å²) in [7, 11) is 0. The van der Waals surface area contributed by atoms with Gasteiger partial charge in [0.25, 0.3) is 5.91 Å². The summed E-state index contributed by atoms with van der Waals surface area (Å²) < 4.78 is 0. The van der Waals surface area contributed by atoms with Crippen molar-refractivity contribution in [2.45, 2.75) is 19.9 Å². The lowest BCUT2D eigenvalue weighted by Crippen LogP contribution is -2.27. The lowest BCUT2D eigenvalue weighted by Gasteiger charge is -2.12. The van der Waals surface area contributed by atoms with Crippen LogP contribution in [0.2, 0.25) is 0 Å². The summed E-state index contributed by atoms with van der Waals surface area (Å²) in [5.74, 6) is 5.52. The summed E-state index contributed by atoms with van der Waals surface area (Å²) in [6.07, 6.45) is 0. The van der Waals surface area contributed by atoms with E-state index in [4.69, 9.17) is 5.84 Å². The zero-order valence-electron chi connectivity index (χ0n) is 10.8. The lowest BCUT2D eigenvalue weighted by atomic mass is 10.2. The minimum atomic E-state index is -0.212. The fourth-order valence-corrected chi connectivity index (χ4v) is 2.55. The number of nitrogens with one attached hydrogen (secondary N) is 2. The van der Waals surface area contributed by atoms with E-state index in [-0.39, 0.29) is 11.9 Å². The zero-order chi connectivity index (χ0) is 13.8. The highest BCUT2D eigenvalue weighted by molar-refractivity contribution is 7.12. The molecule has 100 valence electrons. The molecule has 0 saturated carbocycles. The summed E-state index contributed by atoms with van der Waals surface area (Å²) in [5, 5.41) is 2.92. The van der Waals surface area contributed by atoms with Crippen molar-refractivity contribution in [1.29, 1.82) is 0 Å². The van der Waals surface area contributed by atoms with Gasteiger partial charge in [0.15, 0.2) is 0 Å². The van der Waals surface area contributed by atoms with E-state index in [1.807, 2.05) is 26.0 Å². The van der Waals surface area contributed by atoms with E-state index in [9.17, 15) is 4.79 Å². The number of anilines is 1. The van der Waals surface area contributed by atoms with Crippen LogP contribution in [0.5, 0.6) is 0 Å². The minimum absolute atomic E-state index is 0.0394. The Labute approximate surface area is 115 Å². The molecule has 0 aliphatic heterocycles. The van der Waals surface area contributed by atoms with Gasteiger partial charge in [0.2, 0.25) is 0 Å². The summed E-state index contributed by atoms with van der Waals surface area (Å²) >= 11 is 1.67. The molecule has 2 aromatic heterocycles. The predicted molar refractivity (Wildman–Crippen MR) is 77.0 cm³/mol. The maximum absolute atomic E-state index is 12.1. The second-order valence-corrected chi connectivity index (χ2v) is 5.52. The minimum Gasteiger partial charge on any atom is -0.343 e. The Balaban J connectivity index is 2.08. The van der Waals surface area contributed by atoms with Crippen LogP contribution in [0.3, 0.4) is 0 Å². The molecule has 0 saturated heterocycles. The van der Waals surface area contributed by atoms with Gasteiger partial charge < -0.3 is 10.7 Å². The van der Waals surface area contributed by atoms with Crippen molar-refractivity contribution in [3.05, 3.63) is 45.8 Å². The molecule has 6 heteroatoms. The number of pyridine rings is 1. The number of aryl methyl sites for hydroxylation is 1. The van der Waals surface area contributed by atoms with E-state index in [1.165, 1.54) is 4.88 Å². The van der Waals surface area contributed by atoms with Gasteiger partial charge in [0.05, 0.1) is 6.04 Å². The van der Waals surface area contributed by atoms with Gasteiger partial charge in [-0.05, 0) is 38.1 Å².